The van der Waals surface area contributed by atoms with Crippen LogP contribution >= 0.6 is 0 Å². The van der Waals surface area contributed by atoms with Gasteiger partial charge in [-0.1, -0.05) is 23.4 Å². The van der Waals surface area contributed by atoms with Crippen molar-refractivity contribution in [2.45, 2.75) is 51.7 Å². The highest BCUT2D eigenvalue weighted by Gasteiger charge is 2.26. The van der Waals surface area contributed by atoms with Gasteiger partial charge >= 0.3 is 0 Å². The largest absolute Gasteiger partial charge is 0.490 e. The molecule has 3 aromatic rings. The summed E-state index contributed by atoms with van der Waals surface area (Å²) in [5.41, 5.74) is 4.65. The summed E-state index contributed by atoms with van der Waals surface area (Å²) < 4.78 is 11.2. The van der Waals surface area contributed by atoms with Gasteiger partial charge < -0.3 is 19.7 Å². The molecular weight excluding hydrogens is 404 g/mol. The van der Waals surface area contributed by atoms with Crippen molar-refractivity contribution in [1.82, 2.24) is 15.5 Å². The van der Waals surface area contributed by atoms with Crippen molar-refractivity contribution in [3.63, 3.8) is 0 Å². The second-order valence-electron chi connectivity index (χ2n) is 8.51. The van der Waals surface area contributed by atoms with E-state index in [0.717, 1.165) is 24.9 Å². The number of aromatic nitrogens is 2. The first-order chi connectivity index (χ1) is 15.5. The first kappa shape index (κ1) is 22.0. The molecule has 0 saturated heterocycles. The van der Waals surface area contributed by atoms with Gasteiger partial charge in [-0.3, -0.25) is 0 Å². The molecule has 7 nitrogen and oxygen atoms in total. The molecule has 0 radical (unpaired) electrons. The van der Waals surface area contributed by atoms with Crippen molar-refractivity contribution in [2.24, 2.45) is 0 Å². The number of nitriles is 1. The Labute approximate surface area is 188 Å². The van der Waals surface area contributed by atoms with Gasteiger partial charge in [0.1, 0.15) is 11.8 Å². The fourth-order valence-corrected chi connectivity index (χ4v) is 4.13. The third kappa shape index (κ3) is 4.52. The molecule has 0 fully saturated rings. The zero-order chi connectivity index (χ0) is 22.7. The quantitative estimate of drug-likeness (QED) is 0.553. The van der Waals surface area contributed by atoms with E-state index in [1.807, 2.05) is 39.0 Å². The van der Waals surface area contributed by atoms with Gasteiger partial charge in [0, 0.05) is 23.7 Å². The molecule has 0 saturated carbocycles. The number of aliphatic hydroxyl groups is 1. The Hall–Kier alpha value is -3.21. The Bertz CT molecular complexity index is 1130. The molecule has 0 bridgehead atoms. The molecule has 7 heteroatoms. The fraction of sp³-hybridized carbons (Fsp3) is 0.400. The predicted octanol–water partition coefficient (Wildman–Crippen LogP) is 4.06. The van der Waals surface area contributed by atoms with Gasteiger partial charge in [0.05, 0.1) is 18.3 Å². The molecule has 1 aliphatic rings. The lowest BCUT2D eigenvalue weighted by Gasteiger charge is -2.16. The summed E-state index contributed by atoms with van der Waals surface area (Å²) in [7, 11) is 0. The Morgan fingerprint density at radius 3 is 2.88 bits per heavy atom. The zero-order valence-electron chi connectivity index (χ0n) is 18.6. The lowest BCUT2D eigenvalue weighted by molar-refractivity contribution is 0.241. The van der Waals surface area contributed by atoms with Gasteiger partial charge in [0.25, 0.3) is 5.89 Å². The Balaban J connectivity index is 1.59. The van der Waals surface area contributed by atoms with Gasteiger partial charge in [-0.2, -0.15) is 10.2 Å². The van der Waals surface area contributed by atoms with E-state index in [1.54, 1.807) is 12.1 Å². The number of nitrogens with zero attached hydrogens (tertiary/aromatic N) is 3. The molecular formula is C25H28N4O3. The van der Waals surface area contributed by atoms with Crippen molar-refractivity contribution in [3.05, 3.63) is 53.1 Å². The SMILES string of the molecule is CC(C)Oc1ccc(-c2nc(-c3cccc4c3CC[C@H]4CN[C@H](C)CO)no2)cc1C#N. The number of ether oxygens (including phenoxy) is 1. The standard InChI is InChI=1S/C25H28N4O3/c1-15(2)31-23-10-8-17(11-19(23)12-26)25-28-24(29-32-25)22-6-4-5-20-18(7-9-21(20)22)13-27-16(3)14-30/h4-6,8,10-11,15-16,18,27,30H,7,9,13-14H2,1-3H3/t16-,18+/m1/s1. The maximum Gasteiger partial charge on any atom is 0.258 e. The van der Waals surface area contributed by atoms with Gasteiger partial charge in [0.2, 0.25) is 5.82 Å². The number of hydrogen-bond acceptors (Lipinski definition) is 7. The maximum absolute atomic E-state index is 9.49. The lowest BCUT2D eigenvalue weighted by atomic mass is 9.98. The molecule has 2 N–H and O–H groups in total. The van der Waals surface area contributed by atoms with E-state index in [-0.39, 0.29) is 18.8 Å². The van der Waals surface area contributed by atoms with Crippen molar-refractivity contribution >= 4 is 0 Å². The Morgan fingerprint density at radius 2 is 2.12 bits per heavy atom. The first-order valence-electron chi connectivity index (χ1n) is 11.0. The molecule has 1 aliphatic carbocycles. The van der Waals surface area contributed by atoms with E-state index in [1.165, 1.54) is 11.1 Å². The highest BCUT2D eigenvalue weighted by atomic mass is 16.5. The first-order valence-corrected chi connectivity index (χ1v) is 11.0. The van der Waals surface area contributed by atoms with E-state index in [9.17, 15) is 10.4 Å². The third-order valence-electron chi connectivity index (χ3n) is 5.76. The number of fused-ring (bicyclic) bond motifs is 1. The number of hydrogen-bond donors (Lipinski definition) is 2. The highest BCUT2D eigenvalue weighted by molar-refractivity contribution is 5.67. The van der Waals surface area contributed by atoms with Crippen LogP contribution in [0.15, 0.2) is 40.9 Å². The van der Waals surface area contributed by atoms with Crippen molar-refractivity contribution in [2.75, 3.05) is 13.2 Å². The van der Waals surface area contributed by atoms with Crippen LogP contribution in [0.5, 0.6) is 5.75 Å². The van der Waals surface area contributed by atoms with Crippen LogP contribution in [0.1, 0.15) is 49.8 Å². The number of benzene rings is 2. The normalized spacial score (nSPS) is 16.1. The molecule has 4 rings (SSSR count). The predicted molar refractivity (Wildman–Crippen MR) is 121 cm³/mol. The van der Waals surface area contributed by atoms with E-state index < -0.39 is 0 Å². The van der Waals surface area contributed by atoms with Crippen LogP contribution in [0.4, 0.5) is 0 Å². The Kier molecular flexibility index (Phi) is 6.54. The van der Waals surface area contributed by atoms with Gasteiger partial charge in [-0.15, -0.1) is 0 Å². The van der Waals surface area contributed by atoms with Gasteiger partial charge in [-0.05, 0) is 68.9 Å². The van der Waals surface area contributed by atoms with Gasteiger partial charge in [0.15, 0.2) is 0 Å². The monoisotopic (exact) mass is 432 g/mol. The van der Waals surface area contributed by atoms with Crippen LogP contribution in [0, 0.1) is 11.3 Å². The second kappa shape index (κ2) is 9.51. The molecule has 1 aromatic heterocycles. The van der Waals surface area contributed by atoms with E-state index in [2.05, 4.69) is 27.6 Å². The summed E-state index contributed by atoms with van der Waals surface area (Å²) in [6, 6.07) is 13.8. The third-order valence-corrected chi connectivity index (χ3v) is 5.76. The molecule has 2 atom stereocenters. The molecule has 2 aromatic carbocycles. The minimum Gasteiger partial charge on any atom is -0.490 e. The summed E-state index contributed by atoms with van der Waals surface area (Å²) in [4.78, 5) is 4.63. The number of nitrogens with one attached hydrogen (secondary N) is 1. The van der Waals surface area contributed by atoms with Crippen LogP contribution < -0.4 is 10.1 Å². The smallest absolute Gasteiger partial charge is 0.258 e. The number of aliphatic hydroxyl groups excluding tert-OH is 1. The Morgan fingerprint density at radius 1 is 1.28 bits per heavy atom. The van der Waals surface area contributed by atoms with Crippen LogP contribution in [0.25, 0.3) is 22.8 Å². The summed E-state index contributed by atoms with van der Waals surface area (Å²) in [6.45, 7) is 6.78. The number of rotatable bonds is 8. The fourth-order valence-electron chi connectivity index (χ4n) is 4.13. The summed E-state index contributed by atoms with van der Waals surface area (Å²) in [5.74, 6) is 1.87. The van der Waals surface area contributed by atoms with Gasteiger partial charge in [-0.25, -0.2) is 0 Å². The van der Waals surface area contributed by atoms with Crippen molar-refractivity contribution in [1.29, 1.82) is 5.26 Å². The minimum absolute atomic E-state index is 0.0194. The van der Waals surface area contributed by atoms with Crippen LogP contribution in [-0.2, 0) is 6.42 Å². The van der Waals surface area contributed by atoms with E-state index in [0.29, 0.717) is 34.5 Å². The average Bonchev–Trinajstić information content (AvgIpc) is 3.44. The minimum atomic E-state index is -0.0194. The zero-order valence-corrected chi connectivity index (χ0v) is 18.6. The molecule has 0 unspecified atom stereocenters. The van der Waals surface area contributed by atoms with Crippen molar-refractivity contribution < 1.29 is 14.4 Å². The van der Waals surface area contributed by atoms with Crippen LogP contribution in [0.2, 0.25) is 0 Å². The summed E-state index contributed by atoms with van der Waals surface area (Å²) in [5, 5.41) is 26.4. The average molecular weight is 433 g/mol. The van der Waals surface area contributed by atoms with Crippen molar-refractivity contribution in [3.8, 4) is 34.7 Å². The van der Waals surface area contributed by atoms with Crippen LogP contribution in [-0.4, -0.2) is 40.5 Å². The van der Waals surface area contributed by atoms with Crippen LogP contribution in [0.3, 0.4) is 0 Å². The molecule has 0 spiro atoms. The molecule has 0 amide bonds. The topological polar surface area (TPSA) is 104 Å². The maximum atomic E-state index is 9.49. The molecule has 166 valence electrons. The second-order valence-corrected chi connectivity index (χ2v) is 8.51. The lowest BCUT2D eigenvalue weighted by Crippen LogP contribution is -2.32. The summed E-state index contributed by atoms with van der Waals surface area (Å²) in [6.07, 6.45) is 1.98. The highest BCUT2D eigenvalue weighted by Crippen LogP contribution is 2.38. The molecule has 32 heavy (non-hydrogen) atoms. The molecule has 0 aliphatic heterocycles. The summed E-state index contributed by atoms with van der Waals surface area (Å²) >= 11 is 0. The van der Waals surface area contributed by atoms with E-state index in [4.69, 9.17) is 9.26 Å². The van der Waals surface area contributed by atoms with E-state index >= 15 is 0 Å². The molecule has 1 heterocycles.